The predicted octanol–water partition coefficient (Wildman–Crippen LogP) is 6.31. The lowest BCUT2D eigenvalue weighted by Gasteiger charge is -2.33. The molecule has 6 nitrogen and oxygen atoms in total. The summed E-state index contributed by atoms with van der Waals surface area (Å²) < 4.78 is 79.8. The summed E-state index contributed by atoms with van der Waals surface area (Å²) in [4.78, 5) is 33.3. The van der Waals surface area contributed by atoms with Gasteiger partial charge in [-0.1, -0.05) is 25.0 Å². The number of nitrogens with zero attached hydrogens (tertiary/aromatic N) is 2. The Morgan fingerprint density at radius 1 is 0.895 bits per heavy atom. The molecule has 1 aromatic carbocycles. The molecule has 2 aromatic heterocycles. The standard InChI is InChI=1S/C26H22F6N4O2/c27-25(28,29)15-10-16(26(30,31)32)12-17(11-15)35-24(38)22-20(7-8-21(36-22)23(33)37)19-6-2-1-5-18(19)14-4-3-9-34-13-14/h3-4,7-13,18-19H,1-2,5-6H2,(H2,33,37)(H,35,38). The third-order valence-electron chi connectivity index (χ3n) is 6.52. The van der Waals surface area contributed by atoms with Gasteiger partial charge in [-0.3, -0.25) is 14.6 Å². The Morgan fingerprint density at radius 3 is 2.08 bits per heavy atom. The molecule has 0 saturated heterocycles. The maximum absolute atomic E-state index is 13.3. The van der Waals surface area contributed by atoms with Gasteiger partial charge in [0.1, 0.15) is 11.4 Å². The van der Waals surface area contributed by atoms with E-state index in [0.29, 0.717) is 24.1 Å². The second-order valence-electron chi connectivity index (χ2n) is 9.03. The van der Waals surface area contributed by atoms with Crippen LogP contribution < -0.4 is 11.1 Å². The molecule has 1 aliphatic carbocycles. The second-order valence-corrected chi connectivity index (χ2v) is 9.03. The highest BCUT2D eigenvalue weighted by atomic mass is 19.4. The van der Waals surface area contributed by atoms with E-state index in [1.807, 2.05) is 6.07 Å². The van der Waals surface area contributed by atoms with Crippen LogP contribution in [0.3, 0.4) is 0 Å². The third-order valence-corrected chi connectivity index (χ3v) is 6.52. The highest BCUT2D eigenvalue weighted by Gasteiger charge is 2.37. The molecule has 0 spiro atoms. The lowest BCUT2D eigenvalue weighted by molar-refractivity contribution is -0.143. The minimum absolute atomic E-state index is 0.0342. The number of primary amides is 1. The molecule has 1 saturated carbocycles. The van der Waals surface area contributed by atoms with Crippen LogP contribution in [0.15, 0.2) is 54.9 Å². The van der Waals surface area contributed by atoms with Crippen molar-refractivity contribution in [3.8, 4) is 0 Å². The van der Waals surface area contributed by atoms with Gasteiger partial charge in [0, 0.05) is 18.1 Å². The molecule has 38 heavy (non-hydrogen) atoms. The Morgan fingerprint density at radius 2 is 1.53 bits per heavy atom. The largest absolute Gasteiger partial charge is 0.416 e. The number of pyridine rings is 2. The second kappa shape index (κ2) is 10.4. The van der Waals surface area contributed by atoms with Crippen molar-refractivity contribution in [2.75, 3.05) is 5.32 Å². The van der Waals surface area contributed by atoms with Gasteiger partial charge in [0.25, 0.3) is 11.8 Å². The minimum atomic E-state index is -5.09. The summed E-state index contributed by atoms with van der Waals surface area (Å²) >= 11 is 0. The number of hydrogen-bond acceptors (Lipinski definition) is 4. The Bertz CT molecular complexity index is 1310. The van der Waals surface area contributed by atoms with Crippen LogP contribution in [0.2, 0.25) is 0 Å². The topological polar surface area (TPSA) is 98.0 Å². The van der Waals surface area contributed by atoms with Crippen LogP contribution >= 0.6 is 0 Å². The molecule has 2 atom stereocenters. The number of benzene rings is 1. The Labute approximate surface area is 213 Å². The number of carbonyl (C=O) groups excluding carboxylic acids is 2. The van der Waals surface area contributed by atoms with Gasteiger partial charge >= 0.3 is 12.4 Å². The van der Waals surface area contributed by atoms with Crippen LogP contribution in [0.1, 0.15) is 80.7 Å². The molecule has 200 valence electrons. The van der Waals surface area contributed by atoms with Crippen LogP contribution in [0.25, 0.3) is 0 Å². The molecule has 1 aliphatic rings. The molecule has 12 heteroatoms. The lowest BCUT2D eigenvalue weighted by Crippen LogP contribution is -2.25. The van der Waals surface area contributed by atoms with Gasteiger partial charge in [-0.2, -0.15) is 26.3 Å². The number of carbonyl (C=O) groups is 2. The van der Waals surface area contributed by atoms with E-state index in [9.17, 15) is 35.9 Å². The molecular formula is C26H22F6N4O2. The summed E-state index contributed by atoms with van der Waals surface area (Å²) in [5.41, 5.74) is 2.20. The van der Waals surface area contributed by atoms with Crippen molar-refractivity contribution in [1.29, 1.82) is 0 Å². The number of nitrogens with one attached hydrogen (secondary N) is 1. The number of anilines is 1. The first kappa shape index (κ1) is 27.1. The van der Waals surface area contributed by atoms with E-state index < -0.39 is 41.0 Å². The van der Waals surface area contributed by atoms with Crippen molar-refractivity contribution in [3.05, 3.63) is 88.5 Å². The molecule has 2 amide bonds. The lowest BCUT2D eigenvalue weighted by atomic mass is 9.72. The fourth-order valence-electron chi connectivity index (χ4n) is 4.80. The van der Waals surface area contributed by atoms with E-state index in [-0.39, 0.29) is 29.3 Å². The van der Waals surface area contributed by atoms with E-state index >= 15 is 0 Å². The van der Waals surface area contributed by atoms with E-state index in [1.165, 1.54) is 12.1 Å². The number of hydrogen-bond donors (Lipinski definition) is 2. The van der Waals surface area contributed by atoms with Crippen molar-refractivity contribution in [1.82, 2.24) is 9.97 Å². The van der Waals surface area contributed by atoms with Crippen LogP contribution in [-0.2, 0) is 12.4 Å². The fourth-order valence-corrected chi connectivity index (χ4v) is 4.80. The molecule has 2 heterocycles. The molecule has 0 aliphatic heterocycles. The molecule has 1 fully saturated rings. The van der Waals surface area contributed by atoms with Gasteiger partial charge in [0.2, 0.25) is 0 Å². The van der Waals surface area contributed by atoms with Crippen molar-refractivity contribution < 1.29 is 35.9 Å². The number of halogens is 6. The first-order valence-corrected chi connectivity index (χ1v) is 11.7. The van der Waals surface area contributed by atoms with Gasteiger partial charge in [-0.05, 0) is 66.1 Å². The fraction of sp³-hybridized carbons (Fsp3) is 0.308. The normalized spacial score (nSPS) is 18.2. The zero-order valence-electron chi connectivity index (χ0n) is 19.7. The Kier molecular flexibility index (Phi) is 7.43. The van der Waals surface area contributed by atoms with Crippen LogP contribution in [0, 0.1) is 0 Å². The number of aromatic nitrogens is 2. The summed E-state index contributed by atoms with van der Waals surface area (Å²) in [5, 5.41) is 2.12. The minimum Gasteiger partial charge on any atom is -0.364 e. The van der Waals surface area contributed by atoms with E-state index in [1.54, 1.807) is 18.5 Å². The highest BCUT2D eigenvalue weighted by molar-refractivity contribution is 6.05. The zero-order chi connectivity index (χ0) is 27.7. The number of alkyl halides is 6. The molecule has 3 aromatic rings. The maximum atomic E-state index is 13.3. The van der Waals surface area contributed by atoms with Gasteiger partial charge < -0.3 is 11.1 Å². The quantitative estimate of drug-likeness (QED) is 0.374. The summed E-state index contributed by atoms with van der Waals surface area (Å²) in [6.45, 7) is 0. The summed E-state index contributed by atoms with van der Waals surface area (Å²) in [6, 6.07) is 7.29. The summed E-state index contributed by atoms with van der Waals surface area (Å²) in [6.07, 6.45) is -3.72. The molecule has 2 unspecified atom stereocenters. The summed E-state index contributed by atoms with van der Waals surface area (Å²) in [7, 11) is 0. The van der Waals surface area contributed by atoms with Crippen molar-refractivity contribution in [2.24, 2.45) is 5.73 Å². The number of amides is 2. The SMILES string of the molecule is NC(=O)c1ccc(C2CCCCC2c2cccnc2)c(C(=O)Nc2cc(C(F)(F)F)cc(C(F)(F)F)c2)n1. The van der Waals surface area contributed by atoms with Crippen molar-refractivity contribution in [2.45, 2.75) is 49.9 Å². The first-order chi connectivity index (χ1) is 17.8. The van der Waals surface area contributed by atoms with E-state index in [0.717, 1.165) is 24.8 Å². The average molecular weight is 536 g/mol. The van der Waals surface area contributed by atoms with Gasteiger partial charge in [-0.15, -0.1) is 0 Å². The van der Waals surface area contributed by atoms with Crippen molar-refractivity contribution in [3.63, 3.8) is 0 Å². The van der Waals surface area contributed by atoms with Crippen molar-refractivity contribution >= 4 is 17.5 Å². The molecule has 4 rings (SSSR count). The maximum Gasteiger partial charge on any atom is 0.416 e. The first-order valence-electron chi connectivity index (χ1n) is 11.7. The smallest absolute Gasteiger partial charge is 0.364 e. The predicted molar refractivity (Wildman–Crippen MR) is 125 cm³/mol. The Hall–Kier alpha value is -3.96. The molecule has 0 bridgehead atoms. The van der Waals surface area contributed by atoms with Gasteiger partial charge in [0.15, 0.2) is 0 Å². The summed E-state index contributed by atoms with van der Waals surface area (Å²) in [5.74, 6) is -2.35. The highest BCUT2D eigenvalue weighted by Crippen LogP contribution is 2.45. The average Bonchev–Trinajstić information content (AvgIpc) is 2.87. The molecule has 0 radical (unpaired) electrons. The van der Waals surface area contributed by atoms with Crippen LogP contribution in [0.5, 0.6) is 0 Å². The van der Waals surface area contributed by atoms with E-state index in [2.05, 4.69) is 15.3 Å². The van der Waals surface area contributed by atoms with E-state index in [4.69, 9.17) is 5.73 Å². The molecular weight excluding hydrogens is 514 g/mol. The number of nitrogens with two attached hydrogens (primary N) is 1. The third kappa shape index (κ3) is 5.95. The number of rotatable bonds is 5. The van der Waals surface area contributed by atoms with Gasteiger partial charge in [-0.25, -0.2) is 4.98 Å². The monoisotopic (exact) mass is 536 g/mol. The zero-order valence-corrected chi connectivity index (χ0v) is 19.7. The van der Waals surface area contributed by atoms with Crippen LogP contribution in [0.4, 0.5) is 32.0 Å². The molecule has 3 N–H and O–H groups in total. The van der Waals surface area contributed by atoms with Crippen LogP contribution in [-0.4, -0.2) is 21.8 Å². The van der Waals surface area contributed by atoms with Gasteiger partial charge in [0.05, 0.1) is 11.1 Å². The Balaban J connectivity index is 1.77.